The first kappa shape index (κ1) is 24.4. The van der Waals surface area contributed by atoms with Gasteiger partial charge >= 0.3 is 0 Å². The zero-order valence-corrected chi connectivity index (χ0v) is 19.6. The molecular formula is C25H34FN3O2. The van der Waals surface area contributed by atoms with E-state index < -0.39 is 0 Å². The lowest BCUT2D eigenvalue weighted by Crippen LogP contribution is -2.41. The third-order valence-electron chi connectivity index (χ3n) is 5.50. The van der Waals surface area contributed by atoms with Crippen molar-refractivity contribution in [1.29, 1.82) is 0 Å². The highest BCUT2D eigenvalue weighted by Crippen LogP contribution is 2.27. The van der Waals surface area contributed by atoms with Crippen molar-refractivity contribution in [2.75, 3.05) is 24.3 Å². The van der Waals surface area contributed by atoms with Crippen LogP contribution in [0.25, 0.3) is 0 Å². The topological polar surface area (TPSA) is 52.7 Å². The highest BCUT2D eigenvalue weighted by molar-refractivity contribution is 5.95. The van der Waals surface area contributed by atoms with E-state index in [1.54, 1.807) is 0 Å². The summed E-state index contributed by atoms with van der Waals surface area (Å²) in [6.45, 7) is 10.2. The van der Waals surface area contributed by atoms with Gasteiger partial charge in [0.05, 0.1) is 0 Å². The van der Waals surface area contributed by atoms with Crippen LogP contribution in [-0.4, -0.2) is 36.9 Å². The number of nitrogens with one attached hydrogen (secondary N) is 1. The molecule has 2 aromatic carbocycles. The fourth-order valence-electron chi connectivity index (χ4n) is 3.22. The molecule has 1 atom stereocenters. The van der Waals surface area contributed by atoms with Crippen LogP contribution in [0, 0.1) is 17.7 Å². The maximum atomic E-state index is 13.4. The molecule has 0 spiro atoms. The van der Waals surface area contributed by atoms with Crippen molar-refractivity contribution in [2.45, 2.75) is 47.2 Å². The first-order chi connectivity index (χ1) is 14.5. The molecule has 0 aromatic heterocycles. The van der Waals surface area contributed by atoms with E-state index in [2.05, 4.69) is 19.2 Å². The molecular weight excluding hydrogens is 393 g/mol. The Hall–Kier alpha value is -2.89. The first-order valence-corrected chi connectivity index (χ1v) is 10.7. The summed E-state index contributed by atoms with van der Waals surface area (Å²) in [5.74, 6) is -0.477. The molecule has 0 fully saturated rings. The van der Waals surface area contributed by atoms with E-state index in [0.29, 0.717) is 17.8 Å². The van der Waals surface area contributed by atoms with E-state index in [1.165, 1.54) is 24.3 Å². The molecule has 2 rings (SSSR count). The van der Waals surface area contributed by atoms with E-state index in [9.17, 15) is 14.0 Å². The molecule has 6 heteroatoms. The highest BCUT2D eigenvalue weighted by Gasteiger charge is 2.25. The largest absolute Gasteiger partial charge is 0.377 e. The predicted octanol–water partition coefficient (Wildman–Crippen LogP) is 5.17. The van der Waals surface area contributed by atoms with Crippen molar-refractivity contribution < 1.29 is 14.0 Å². The molecule has 0 bridgehead atoms. The van der Waals surface area contributed by atoms with E-state index in [1.807, 2.05) is 62.9 Å². The summed E-state index contributed by atoms with van der Waals surface area (Å²) < 4.78 is 13.4. The summed E-state index contributed by atoms with van der Waals surface area (Å²) in [5.41, 5.74) is 3.04. The third kappa shape index (κ3) is 6.29. The fraction of sp³-hybridized carbons (Fsp3) is 0.440. The van der Waals surface area contributed by atoms with Crippen LogP contribution in [0.15, 0.2) is 42.5 Å². The molecule has 0 saturated carbocycles. The number of anilines is 2. The van der Waals surface area contributed by atoms with Gasteiger partial charge in [0.1, 0.15) is 5.82 Å². The Balaban J connectivity index is 2.44. The van der Waals surface area contributed by atoms with Crippen molar-refractivity contribution in [1.82, 2.24) is 4.90 Å². The molecule has 2 aromatic rings. The van der Waals surface area contributed by atoms with Crippen LogP contribution in [0.2, 0.25) is 0 Å². The average molecular weight is 428 g/mol. The average Bonchev–Trinajstić information content (AvgIpc) is 2.71. The molecule has 0 unspecified atom stereocenters. The molecule has 168 valence electrons. The standard InChI is InChI=1S/C25H34FN3O2/c1-16(2)18(5)29(25(31)19-8-10-21(26)11-9-19)15-20-14-22(27-24(30)17(3)4)12-13-23(20)28(6)7/h8-14,16-18H,15H2,1-7H3,(H,27,30)/t18-/m0/s1. The smallest absolute Gasteiger partial charge is 0.254 e. The minimum atomic E-state index is -0.372. The van der Waals surface area contributed by atoms with Crippen molar-refractivity contribution >= 4 is 23.2 Å². The van der Waals surface area contributed by atoms with E-state index >= 15 is 0 Å². The SMILES string of the molecule is CC(C)C(=O)Nc1ccc(N(C)C)c(CN(C(=O)c2ccc(F)cc2)[C@@H](C)C(C)C)c1. The maximum Gasteiger partial charge on any atom is 0.254 e. The lowest BCUT2D eigenvalue weighted by atomic mass is 10.0. The summed E-state index contributed by atoms with van der Waals surface area (Å²) in [6.07, 6.45) is 0. The van der Waals surface area contributed by atoms with Crippen LogP contribution in [0.3, 0.4) is 0 Å². The molecule has 0 aliphatic rings. The third-order valence-corrected chi connectivity index (χ3v) is 5.50. The number of benzene rings is 2. The Morgan fingerprint density at radius 2 is 1.58 bits per heavy atom. The van der Waals surface area contributed by atoms with Gasteiger partial charge in [-0.2, -0.15) is 0 Å². The van der Waals surface area contributed by atoms with Crippen molar-refractivity contribution in [3.8, 4) is 0 Å². The van der Waals surface area contributed by atoms with Gasteiger partial charge in [-0.3, -0.25) is 9.59 Å². The summed E-state index contributed by atoms with van der Waals surface area (Å²) in [7, 11) is 3.90. The number of carbonyl (C=O) groups is 2. The number of nitrogens with zero attached hydrogens (tertiary/aromatic N) is 2. The quantitative estimate of drug-likeness (QED) is 0.632. The molecule has 2 amide bonds. The summed E-state index contributed by atoms with van der Waals surface area (Å²) in [5, 5.41) is 2.94. The zero-order valence-electron chi connectivity index (χ0n) is 19.6. The fourth-order valence-corrected chi connectivity index (χ4v) is 3.22. The molecule has 0 heterocycles. The van der Waals surface area contributed by atoms with Gasteiger partial charge in [-0.15, -0.1) is 0 Å². The molecule has 1 N–H and O–H groups in total. The van der Waals surface area contributed by atoms with Crippen LogP contribution >= 0.6 is 0 Å². The molecule has 0 aliphatic carbocycles. The monoisotopic (exact) mass is 427 g/mol. The van der Waals surface area contributed by atoms with E-state index in [-0.39, 0.29) is 35.5 Å². The number of hydrogen-bond donors (Lipinski definition) is 1. The molecule has 0 aliphatic heterocycles. The predicted molar refractivity (Wildman–Crippen MR) is 125 cm³/mol. The van der Waals surface area contributed by atoms with E-state index in [4.69, 9.17) is 0 Å². The van der Waals surface area contributed by atoms with E-state index in [0.717, 1.165) is 11.3 Å². The summed E-state index contributed by atoms with van der Waals surface area (Å²) in [4.78, 5) is 29.3. The highest BCUT2D eigenvalue weighted by atomic mass is 19.1. The van der Waals surface area contributed by atoms with Gasteiger partial charge in [-0.25, -0.2) is 4.39 Å². The van der Waals surface area contributed by atoms with Crippen LogP contribution in [-0.2, 0) is 11.3 Å². The Morgan fingerprint density at radius 3 is 2.10 bits per heavy atom. The Morgan fingerprint density at radius 1 is 0.968 bits per heavy atom. The Kier molecular flexibility index (Phi) is 8.20. The van der Waals surface area contributed by atoms with Gasteiger partial charge in [-0.1, -0.05) is 27.7 Å². The van der Waals surface area contributed by atoms with Gasteiger partial charge in [0.25, 0.3) is 5.91 Å². The Labute approximate surface area is 185 Å². The molecule has 0 saturated heterocycles. The van der Waals surface area contributed by atoms with Crippen molar-refractivity contribution in [3.63, 3.8) is 0 Å². The number of halogens is 1. The minimum Gasteiger partial charge on any atom is -0.377 e. The molecule has 0 radical (unpaired) electrons. The summed E-state index contributed by atoms with van der Waals surface area (Å²) >= 11 is 0. The molecule has 31 heavy (non-hydrogen) atoms. The lowest BCUT2D eigenvalue weighted by Gasteiger charge is -2.33. The lowest BCUT2D eigenvalue weighted by molar-refractivity contribution is -0.118. The molecule has 5 nitrogen and oxygen atoms in total. The van der Waals surface area contributed by atoms with Crippen LogP contribution < -0.4 is 10.2 Å². The number of hydrogen-bond acceptors (Lipinski definition) is 3. The second kappa shape index (κ2) is 10.4. The van der Waals surface area contributed by atoms with Crippen molar-refractivity contribution in [2.24, 2.45) is 11.8 Å². The van der Waals surface area contributed by atoms with Crippen LogP contribution in [0.5, 0.6) is 0 Å². The van der Waals surface area contributed by atoms with Gasteiger partial charge in [0.15, 0.2) is 0 Å². The second-order valence-corrected chi connectivity index (χ2v) is 8.81. The second-order valence-electron chi connectivity index (χ2n) is 8.81. The number of carbonyl (C=O) groups excluding carboxylic acids is 2. The summed E-state index contributed by atoms with van der Waals surface area (Å²) in [6, 6.07) is 11.4. The Bertz CT molecular complexity index is 907. The number of rotatable bonds is 8. The van der Waals surface area contributed by atoms with Gasteiger partial charge in [0, 0.05) is 49.5 Å². The van der Waals surface area contributed by atoms with Gasteiger partial charge in [-0.05, 0) is 60.9 Å². The maximum absolute atomic E-state index is 13.4. The van der Waals surface area contributed by atoms with Gasteiger partial charge in [0.2, 0.25) is 5.91 Å². The van der Waals surface area contributed by atoms with Crippen molar-refractivity contribution in [3.05, 3.63) is 59.4 Å². The normalized spacial score (nSPS) is 12.1. The number of amides is 2. The van der Waals surface area contributed by atoms with Crippen LogP contribution in [0.1, 0.15) is 50.5 Å². The minimum absolute atomic E-state index is 0.0403. The zero-order chi connectivity index (χ0) is 23.3. The van der Waals surface area contributed by atoms with Crippen LogP contribution in [0.4, 0.5) is 15.8 Å². The van der Waals surface area contributed by atoms with Gasteiger partial charge < -0.3 is 15.1 Å². The first-order valence-electron chi connectivity index (χ1n) is 10.7.